The number of carbonyl (C=O) groups is 1. The molecule has 4 heteroatoms. The van der Waals surface area contributed by atoms with Gasteiger partial charge in [-0.3, -0.25) is 4.79 Å². The normalized spacial score (nSPS) is 10.1. The summed E-state index contributed by atoms with van der Waals surface area (Å²) in [4.78, 5) is 11.8. The summed E-state index contributed by atoms with van der Waals surface area (Å²) in [5.41, 5.74) is 1.88. The summed E-state index contributed by atoms with van der Waals surface area (Å²) < 4.78 is 5.47. The minimum atomic E-state index is -0.200. The molecule has 0 saturated carbocycles. The van der Waals surface area contributed by atoms with E-state index in [9.17, 15) is 4.79 Å². The predicted molar refractivity (Wildman–Crippen MR) is 81.4 cm³/mol. The van der Waals surface area contributed by atoms with Crippen LogP contribution in [0.3, 0.4) is 0 Å². The van der Waals surface area contributed by atoms with Crippen molar-refractivity contribution < 1.29 is 9.53 Å². The average molecular weight is 290 g/mol. The molecule has 104 valence electrons. The van der Waals surface area contributed by atoms with Gasteiger partial charge in [-0.1, -0.05) is 30.7 Å². The number of hydrogen-bond donors (Lipinski definition) is 1. The first kappa shape index (κ1) is 14.4. The first-order valence-corrected chi connectivity index (χ1v) is 6.82. The summed E-state index contributed by atoms with van der Waals surface area (Å²) in [7, 11) is 0. The Morgan fingerprint density at radius 3 is 2.65 bits per heavy atom. The molecule has 0 radical (unpaired) electrons. The van der Waals surface area contributed by atoms with Crippen LogP contribution >= 0.6 is 11.6 Å². The minimum absolute atomic E-state index is 0.0181. The molecule has 0 aliphatic carbocycles. The number of rotatable bonds is 5. The molecule has 3 nitrogen and oxygen atoms in total. The third-order valence-electron chi connectivity index (χ3n) is 2.80. The molecule has 0 unspecified atom stereocenters. The summed E-state index contributed by atoms with van der Waals surface area (Å²) in [5.74, 6) is 0.504. The highest BCUT2D eigenvalue weighted by Gasteiger charge is 2.04. The number of benzene rings is 2. The highest BCUT2D eigenvalue weighted by molar-refractivity contribution is 6.30. The second-order valence-corrected chi connectivity index (χ2v) is 4.78. The Labute approximate surface area is 123 Å². The molecule has 1 amide bonds. The summed E-state index contributed by atoms with van der Waals surface area (Å²) in [6.45, 7) is 2.06. The first-order valence-electron chi connectivity index (χ1n) is 6.44. The third-order valence-corrected chi connectivity index (χ3v) is 3.06. The lowest BCUT2D eigenvalue weighted by Crippen LogP contribution is -2.20. The number of aryl methyl sites for hydroxylation is 1. The fourth-order valence-corrected chi connectivity index (χ4v) is 1.86. The van der Waals surface area contributed by atoms with Crippen LogP contribution in [0.2, 0.25) is 5.02 Å². The fourth-order valence-electron chi connectivity index (χ4n) is 1.73. The summed E-state index contributed by atoms with van der Waals surface area (Å²) in [6, 6.07) is 14.7. The van der Waals surface area contributed by atoms with Crippen LogP contribution in [-0.2, 0) is 11.2 Å². The van der Waals surface area contributed by atoms with Crippen LogP contribution < -0.4 is 10.1 Å². The van der Waals surface area contributed by atoms with Gasteiger partial charge in [-0.15, -0.1) is 0 Å². The Hall–Kier alpha value is -2.00. The van der Waals surface area contributed by atoms with Crippen LogP contribution in [0.15, 0.2) is 48.5 Å². The van der Waals surface area contributed by atoms with Gasteiger partial charge in [0.2, 0.25) is 0 Å². The van der Waals surface area contributed by atoms with Crippen LogP contribution in [0.25, 0.3) is 0 Å². The van der Waals surface area contributed by atoms with E-state index in [0.29, 0.717) is 16.5 Å². The van der Waals surface area contributed by atoms with E-state index in [1.54, 1.807) is 24.3 Å². The molecule has 0 saturated heterocycles. The summed E-state index contributed by atoms with van der Waals surface area (Å²) >= 11 is 5.78. The minimum Gasteiger partial charge on any atom is -0.484 e. The zero-order valence-corrected chi connectivity index (χ0v) is 12.0. The molecule has 1 N–H and O–H groups in total. The lowest BCUT2D eigenvalue weighted by atomic mass is 10.2. The van der Waals surface area contributed by atoms with E-state index in [1.165, 1.54) is 5.56 Å². The van der Waals surface area contributed by atoms with Crippen molar-refractivity contribution in [2.45, 2.75) is 13.3 Å². The lowest BCUT2D eigenvalue weighted by Gasteiger charge is -2.08. The number of ether oxygens (including phenoxy) is 1. The van der Waals surface area contributed by atoms with E-state index in [0.717, 1.165) is 6.42 Å². The van der Waals surface area contributed by atoms with Gasteiger partial charge < -0.3 is 10.1 Å². The predicted octanol–water partition coefficient (Wildman–Crippen LogP) is 3.92. The van der Waals surface area contributed by atoms with Crippen LogP contribution in [-0.4, -0.2) is 12.5 Å². The highest BCUT2D eigenvalue weighted by atomic mass is 35.5. The molecule has 0 aliphatic rings. The monoisotopic (exact) mass is 289 g/mol. The molecular formula is C16H16ClNO2. The van der Waals surface area contributed by atoms with E-state index in [4.69, 9.17) is 16.3 Å². The topological polar surface area (TPSA) is 38.3 Å². The largest absolute Gasteiger partial charge is 0.484 e. The van der Waals surface area contributed by atoms with Crippen molar-refractivity contribution >= 4 is 23.2 Å². The van der Waals surface area contributed by atoms with Crippen molar-refractivity contribution in [1.29, 1.82) is 0 Å². The van der Waals surface area contributed by atoms with Gasteiger partial charge in [0.15, 0.2) is 6.61 Å². The van der Waals surface area contributed by atoms with Crippen molar-refractivity contribution in [3.8, 4) is 5.75 Å². The summed E-state index contributed by atoms with van der Waals surface area (Å²) in [6.07, 6.45) is 0.939. The number of anilines is 1. The van der Waals surface area contributed by atoms with Gasteiger partial charge in [-0.05, 0) is 48.4 Å². The van der Waals surface area contributed by atoms with Crippen molar-refractivity contribution in [1.82, 2.24) is 0 Å². The quantitative estimate of drug-likeness (QED) is 0.906. The Kier molecular flexibility index (Phi) is 5.02. The number of carbonyl (C=O) groups excluding carboxylic acids is 1. The van der Waals surface area contributed by atoms with Gasteiger partial charge in [0.05, 0.1) is 0 Å². The SMILES string of the molecule is CCc1cccc(OCC(=O)Nc2ccc(Cl)cc2)c1. The van der Waals surface area contributed by atoms with Crippen LogP contribution in [0.5, 0.6) is 5.75 Å². The maximum Gasteiger partial charge on any atom is 0.262 e. The molecule has 0 heterocycles. The summed E-state index contributed by atoms with van der Waals surface area (Å²) in [5, 5.41) is 3.38. The molecule has 0 atom stereocenters. The van der Waals surface area contributed by atoms with Gasteiger partial charge in [-0.25, -0.2) is 0 Å². The zero-order valence-electron chi connectivity index (χ0n) is 11.2. The van der Waals surface area contributed by atoms with Crippen LogP contribution in [0, 0.1) is 0 Å². The molecule has 2 rings (SSSR count). The average Bonchev–Trinajstić information content (AvgIpc) is 2.48. The van der Waals surface area contributed by atoms with Crippen molar-refractivity contribution in [3.63, 3.8) is 0 Å². The van der Waals surface area contributed by atoms with Crippen LogP contribution in [0.1, 0.15) is 12.5 Å². The van der Waals surface area contributed by atoms with Gasteiger partial charge in [0, 0.05) is 10.7 Å². The van der Waals surface area contributed by atoms with Crippen LogP contribution in [0.4, 0.5) is 5.69 Å². The van der Waals surface area contributed by atoms with E-state index in [2.05, 4.69) is 12.2 Å². The van der Waals surface area contributed by atoms with Gasteiger partial charge >= 0.3 is 0 Å². The van der Waals surface area contributed by atoms with E-state index in [1.807, 2.05) is 24.3 Å². The Morgan fingerprint density at radius 2 is 1.95 bits per heavy atom. The second-order valence-electron chi connectivity index (χ2n) is 4.34. The second kappa shape index (κ2) is 6.96. The van der Waals surface area contributed by atoms with Crippen molar-refractivity contribution in [2.24, 2.45) is 0 Å². The number of nitrogens with one attached hydrogen (secondary N) is 1. The molecule has 2 aromatic carbocycles. The Balaban J connectivity index is 1.87. The van der Waals surface area contributed by atoms with Crippen molar-refractivity contribution in [2.75, 3.05) is 11.9 Å². The zero-order chi connectivity index (χ0) is 14.4. The first-order chi connectivity index (χ1) is 9.67. The van der Waals surface area contributed by atoms with Gasteiger partial charge in [-0.2, -0.15) is 0 Å². The molecule has 20 heavy (non-hydrogen) atoms. The van der Waals surface area contributed by atoms with Gasteiger partial charge in [0.1, 0.15) is 5.75 Å². The number of amides is 1. The number of hydrogen-bond acceptors (Lipinski definition) is 2. The smallest absolute Gasteiger partial charge is 0.262 e. The maximum absolute atomic E-state index is 11.8. The molecule has 0 spiro atoms. The Morgan fingerprint density at radius 1 is 1.20 bits per heavy atom. The molecule has 0 aliphatic heterocycles. The van der Waals surface area contributed by atoms with E-state index >= 15 is 0 Å². The standard InChI is InChI=1S/C16H16ClNO2/c1-2-12-4-3-5-15(10-12)20-11-16(19)18-14-8-6-13(17)7-9-14/h3-10H,2,11H2,1H3,(H,18,19). The Bertz CT molecular complexity index is 581. The highest BCUT2D eigenvalue weighted by Crippen LogP contribution is 2.15. The molecule has 2 aromatic rings. The van der Waals surface area contributed by atoms with Gasteiger partial charge in [0.25, 0.3) is 5.91 Å². The lowest BCUT2D eigenvalue weighted by molar-refractivity contribution is -0.118. The number of halogens is 1. The third kappa shape index (κ3) is 4.28. The maximum atomic E-state index is 11.8. The molecular weight excluding hydrogens is 274 g/mol. The molecule has 0 aromatic heterocycles. The molecule has 0 bridgehead atoms. The van der Waals surface area contributed by atoms with Crippen molar-refractivity contribution in [3.05, 3.63) is 59.1 Å². The van der Waals surface area contributed by atoms with E-state index in [-0.39, 0.29) is 12.5 Å². The fraction of sp³-hybridized carbons (Fsp3) is 0.188. The molecule has 0 fully saturated rings. The van der Waals surface area contributed by atoms with E-state index < -0.39 is 0 Å².